The van der Waals surface area contributed by atoms with E-state index >= 15 is 0 Å². The van der Waals surface area contributed by atoms with E-state index < -0.39 is 5.91 Å². The van der Waals surface area contributed by atoms with Crippen molar-refractivity contribution in [2.24, 2.45) is 5.73 Å². The largest absolute Gasteiger partial charge is 0.363 e. The Morgan fingerprint density at radius 2 is 1.77 bits per heavy atom. The predicted molar refractivity (Wildman–Crippen MR) is 80.0 cm³/mol. The molecule has 3 aromatic rings. The molecule has 1 aromatic heterocycles. The van der Waals surface area contributed by atoms with Crippen LogP contribution in [0.4, 0.5) is 0 Å². The van der Waals surface area contributed by atoms with Crippen molar-refractivity contribution < 1.29 is 4.79 Å². The first-order valence-electron chi connectivity index (χ1n) is 6.52. The van der Waals surface area contributed by atoms with Crippen LogP contribution in [-0.4, -0.2) is 20.7 Å². The summed E-state index contributed by atoms with van der Waals surface area (Å²) in [6.07, 6.45) is 0. The quantitative estimate of drug-likeness (QED) is 0.796. The SMILES string of the molecule is N#Cc1ccccc1-n1nc(C(N)=O)nc1-c1ccccc1. The summed E-state index contributed by atoms with van der Waals surface area (Å²) in [5.41, 5.74) is 7.03. The maximum Gasteiger partial charge on any atom is 0.288 e. The molecule has 6 heteroatoms. The normalized spacial score (nSPS) is 10.1. The molecule has 0 saturated carbocycles. The Morgan fingerprint density at radius 3 is 2.45 bits per heavy atom. The Kier molecular flexibility index (Phi) is 3.38. The lowest BCUT2D eigenvalue weighted by Gasteiger charge is -2.07. The second kappa shape index (κ2) is 5.50. The van der Waals surface area contributed by atoms with Crippen LogP contribution in [0, 0.1) is 11.3 Å². The van der Waals surface area contributed by atoms with Crippen LogP contribution in [-0.2, 0) is 0 Å². The molecular formula is C16H11N5O. The average molecular weight is 289 g/mol. The highest BCUT2D eigenvalue weighted by atomic mass is 16.1. The Bertz CT molecular complexity index is 877. The summed E-state index contributed by atoms with van der Waals surface area (Å²) < 4.78 is 1.47. The van der Waals surface area contributed by atoms with E-state index in [0.29, 0.717) is 17.1 Å². The molecule has 0 aliphatic heterocycles. The van der Waals surface area contributed by atoms with Crippen molar-refractivity contribution in [3.63, 3.8) is 0 Å². The zero-order valence-electron chi connectivity index (χ0n) is 11.5. The molecule has 0 radical (unpaired) electrons. The first kappa shape index (κ1) is 13.5. The molecule has 0 bridgehead atoms. The van der Waals surface area contributed by atoms with Gasteiger partial charge in [0.05, 0.1) is 11.3 Å². The van der Waals surface area contributed by atoms with Gasteiger partial charge < -0.3 is 5.73 Å². The van der Waals surface area contributed by atoms with Gasteiger partial charge in [-0.15, -0.1) is 5.10 Å². The van der Waals surface area contributed by atoms with Crippen molar-refractivity contribution in [1.82, 2.24) is 14.8 Å². The Hall–Kier alpha value is -3.46. The van der Waals surface area contributed by atoms with Crippen LogP contribution in [0.15, 0.2) is 54.6 Å². The molecule has 0 aliphatic carbocycles. The fourth-order valence-electron chi connectivity index (χ4n) is 2.11. The number of para-hydroxylation sites is 1. The summed E-state index contributed by atoms with van der Waals surface area (Å²) >= 11 is 0. The summed E-state index contributed by atoms with van der Waals surface area (Å²) in [4.78, 5) is 15.6. The fraction of sp³-hybridized carbons (Fsp3) is 0. The maximum absolute atomic E-state index is 11.4. The van der Waals surface area contributed by atoms with E-state index in [4.69, 9.17) is 5.73 Å². The highest BCUT2D eigenvalue weighted by Crippen LogP contribution is 2.22. The van der Waals surface area contributed by atoms with E-state index in [2.05, 4.69) is 16.2 Å². The summed E-state index contributed by atoms with van der Waals surface area (Å²) in [6, 6.07) is 18.4. The number of amides is 1. The number of hydrogen-bond donors (Lipinski definition) is 1. The van der Waals surface area contributed by atoms with Crippen molar-refractivity contribution in [3.05, 3.63) is 66.0 Å². The molecule has 106 valence electrons. The van der Waals surface area contributed by atoms with Crippen LogP contribution in [0.1, 0.15) is 16.2 Å². The Balaban J connectivity index is 2.27. The van der Waals surface area contributed by atoms with Crippen LogP contribution >= 0.6 is 0 Å². The van der Waals surface area contributed by atoms with Gasteiger partial charge in [0.15, 0.2) is 5.82 Å². The molecule has 1 amide bonds. The molecule has 1 heterocycles. The number of carbonyl (C=O) groups excluding carboxylic acids is 1. The first-order chi connectivity index (χ1) is 10.7. The fourth-order valence-corrected chi connectivity index (χ4v) is 2.11. The first-order valence-corrected chi connectivity index (χ1v) is 6.52. The lowest BCUT2D eigenvalue weighted by molar-refractivity contribution is 0.0990. The smallest absolute Gasteiger partial charge is 0.288 e. The van der Waals surface area contributed by atoms with E-state index in [1.54, 1.807) is 24.3 Å². The van der Waals surface area contributed by atoms with Crippen molar-refractivity contribution in [3.8, 4) is 23.1 Å². The summed E-state index contributed by atoms with van der Waals surface area (Å²) in [5.74, 6) is -0.353. The molecule has 22 heavy (non-hydrogen) atoms. The van der Waals surface area contributed by atoms with Crippen molar-refractivity contribution >= 4 is 5.91 Å². The minimum Gasteiger partial charge on any atom is -0.363 e. The third-order valence-corrected chi connectivity index (χ3v) is 3.11. The Morgan fingerprint density at radius 1 is 1.09 bits per heavy atom. The van der Waals surface area contributed by atoms with Gasteiger partial charge in [-0.1, -0.05) is 42.5 Å². The van der Waals surface area contributed by atoms with E-state index in [0.717, 1.165) is 5.56 Å². The van der Waals surface area contributed by atoms with Gasteiger partial charge in [0, 0.05) is 5.56 Å². The molecule has 2 N–H and O–H groups in total. The van der Waals surface area contributed by atoms with E-state index in [1.165, 1.54) is 4.68 Å². The minimum absolute atomic E-state index is 0.0911. The van der Waals surface area contributed by atoms with Gasteiger partial charge in [0.25, 0.3) is 5.91 Å². The number of benzene rings is 2. The van der Waals surface area contributed by atoms with Crippen LogP contribution < -0.4 is 5.73 Å². The summed E-state index contributed by atoms with van der Waals surface area (Å²) in [7, 11) is 0. The number of nitriles is 1. The number of rotatable bonds is 3. The number of hydrogen-bond acceptors (Lipinski definition) is 4. The zero-order valence-corrected chi connectivity index (χ0v) is 11.5. The van der Waals surface area contributed by atoms with Crippen molar-refractivity contribution in [1.29, 1.82) is 5.26 Å². The van der Waals surface area contributed by atoms with E-state index in [9.17, 15) is 10.1 Å². The molecule has 0 aliphatic rings. The third kappa shape index (κ3) is 2.31. The van der Waals surface area contributed by atoms with E-state index in [1.807, 2.05) is 30.3 Å². The van der Waals surface area contributed by atoms with Gasteiger partial charge in [-0.05, 0) is 12.1 Å². The molecule has 0 atom stereocenters. The highest BCUT2D eigenvalue weighted by Gasteiger charge is 2.18. The Labute approximate surface area is 126 Å². The standard InChI is InChI=1S/C16H11N5O/c17-10-12-8-4-5-9-13(12)21-16(11-6-2-1-3-7-11)19-15(20-21)14(18)22/h1-9H,(H2,18,22). The minimum atomic E-state index is -0.717. The molecule has 0 saturated heterocycles. The number of nitrogens with zero attached hydrogens (tertiary/aromatic N) is 4. The van der Waals surface area contributed by atoms with Crippen molar-refractivity contribution in [2.75, 3.05) is 0 Å². The second-order valence-electron chi connectivity index (χ2n) is 4.53. The number of nitrogens with two attached hydrogens (primary N) is 1. The summed E-state index contributed by atoms with van der Waals surface area (Å²) in [5, 5.41) is 13.4. The molecule has 0 fully saturated rings. The van der Waals surface area contributed by atoms with Gasteiger partial charge in [-0.2, -0.15) is 5.26 Å². The molecule has 0 unspecified atom stereocenters. The highest BCUT2D eigenvalue weighted by molar-refractivity contribution is 5.89. The summed E-state index contributed by atoms with van der Waals surface area (Å²) in [6.45, 7) is 0. The maximum atomic E-state index is 11.4. The molecular weight excluding hydrogens is 278 g/mol. The monoisotopic (exact) mass is 289 g/mol. The second-order valence-corrected chi connectivity index (χ2v) is 4.53. The van der Waals surface area contributed by atoms with Crippen LogP contribution in [0.25, 0.3) is 17.1 Å². The average Bonchev–Trinajstić information content (AvgIpc) is 3.01. The molecule has 2 aromatic carbocycles. The third-order valence-electron chi connectivity index (χ3n) is 3.11. The van der Waals surface area contributed by atoms with E-state index in [-0.39, 0.29) is 5.82 Å². The van der Waals surface area contributed by atoms with Gasteiger partial charge in [0.1, 0.15) is 6.07 Å². The van der Waals surface area contributed by atoms with Gasteiger partial charge in [0.2, 0.25) is 5.82 Å². The van der Waals surface area contributed by atoms with Crippen molar-refractivity contribution in [2.45, 2.75) is 0 Å². The predicted octanol–water partition coefficient (Wildman–Crippen LogP) is 1.90. The molecule has 6 nitrogen and oxygen atoms in total. The number of primary amides is 1. The molecule has 0 spiro atoms. The van der Waals surface area contributed by atoms with Gasteiger partial charge in [-0.3, -0.25) is 4.79 Å². The number of carbonyl (C=O) groups is 1. The number of aromatic nitrogens is 3. The van der Waals surface area contributed by atoms with Gasteiger partial charge in [-0.25, -0.2) is 9.67 Å². The topological polar surface area (TPSA) is 97.6 Å². The van der Waals surface area contributed by atoms with Crippen LogP contribution in [0.3, 0.4) is 0 Å². The van der Waals surface area contributed by atoms with Gasteiger partial charge >= 0.3 is 0 Å². The van der Waals surface area contributed by atoms with Crippen LogP contribution in [0.2, 0.25) is 0 Å². The zero-order chi connectivity index (χ0) is 15.5. The van der Waals surface area contributed by atoms with Crippen LogP contribution in [0.5, 0.6) is 0 Å². The lowest BCUT2D eigenvalue weighted by atomic mass is 10.1. The molecule has 3 rings (SSSR count). The lowest BCUT2D eigenvalue weighted by Crippen LogP contribution is -2.13.